The Bertz CT molecular complexity index is 472. The van der Waals surface area contributed by atoms with Crippen molar-refractivity contribution in [2.75, 3.05) is 0 Å². The first-order valence-corrected chi connectivity index (χ1v) is 5.93. The summed E-state index contributed by atoms with van der Waals surface area (Å²) in [6.45, 7) is 3.00. The number of nitrogens with two attached hydrogens (primary N) is 1. The molecular weight excluding hydrogens is 335 g/mol. The van der Waals surface area contributed by atoms with E-state index in [4.69, 9.17) is 5.73 Å². The van der Waals surface area contributed by atoms with E-state index in [1.165, 1.54) is 26.0 Å². The minimum atomic E-state index is -1.16. The number of rotatable bonds is 3. The lowest BCUT2D eigenvalue weighted by molar-refractivity contribution is -0.122. The molecule has 0 saturated heterocycles. The molecule has 0 unspecified atom stereocenters. The number of carbonyl (C=O) groups excluding carboxylic acids is 2. The summed E-state index contributed by atoms with van der Waals surface area (Å²) in [5.41, 5.74) is 4.10. The second-order valence-corrected chi connectivity index (χ2v) is 5.35. The van der Waals surface area contributed by atoms with Crippen molar-refractivity contribution in [3.8, 4) is 5.75 Å². The van der Waals surface area contributed by atoms with Gasteiger partial charge in [0.25, 0.3) is 5.91 Å². The van der Waals surface area contributed by atoms with Crippen molar-refractivity contribution < 1.29 is 14.7 Å². The molecule has 0 bridgehead atoms. The molecule has 2 amide bonds. The molecule has 1 aromatic rings. The lowest BCUT2D eigenvalue weighted by Gasteiger charge is -2.22. The molecule has 1 rings (SSSR count). The molecule has 0 aliphatic heterocycles. The largest absolute Gasteiger partial charge is 0.507 e. The molecule has 0 radical (unpaired) electrons. The summed E-state index contributed by atoms with van der Waals surface area (Å²) < 4.78 is 0.808. The van der Waals surface area contributed by atoms with Crippen LogP contribution in [0.15, 0.2) is 18.2 Å². The van der Waals surface area contributed by atoms with E-state index < -0.39 is 17.4 Å². The number of carbonyl (C=O) groups is 2. The smallest absolute Gasteiger partial charge is 0.255 e. The van der Waals surface area contributed by atoms with Gasteiger partial charge in [-0.05, 0) is 54.6 Å². The molecule has 5 nitrogen and oxygen atoms in total. The van der Waals surface area contributed by atoms with Crippen LogP contribution in [0.25, 0.3) is 0 Å². The molecule has 0 fully saturated rings. The lowest BCUT2D eigenvalue weighted by Crippen LogP contribution is -2.53. The summed E-state index contributed by atoms with van der Waals surface area (Å²) in [7, 11) is 0. The zero-order valence-electron chi connectivity index (χ0n) is 9.45. The molecule has 0 aromatic heterocycles. The van der Waals surface area contributed by atoms with Gasteiger partial charge in [-0.1, -0.05) is 0 Å². The van der Waals surface area contributed by atoms with E-state index in [2.05, 4.69) is 5.32 Å². The highest BCUT2D eigenvalue weighted by Gasteiger charge is 2.28. The van der Waals surface area contributed by atoms with Gasteiger partial charge in [0.15, 0.2) is 0 Å². The van der Waals surface area contributed by atoms with Gasteiger partial charge in [-0.25, -0.2) is 0 Å². The van der Waals surface area contributed by atoms with E-state index in [1.54, 1.807) is 6.07 Å². The Morgan fingerprint density at radius 1 is 1.41 bits per heavy atom. The number of benzene rings is 1. The summed E-state index contributed by atoms with van der Waals surface area (Å²) in [5, 5.41) is 12.0. The third kappa shape index (κ3) is 3.32. The molecule has 0 spiro atoms. The van der Waals surface area contributed by atoms with Gasteiger partial charge in [0.05, 0.1) is 5.56 Å². The molecular formula is C11H13IN2O3. The number of aromatic hydroxyl groups is 1. The first-order chi connectivity index (χ1) is 7.74. The van der Waals surface area contributed by atoms with Crippen LogP contribution in [-0.2, 0) is 4.79 Å². The second-order valence-electron chi connectivity index (χ2n) is 4.10. The van der Waals surface area contributed by atoms with E-state index in [0.717, 1.165) is 3.57 Å². The van der Waals surface area contributed by atoms with Crippen LogP contribution in [-0.4, -0.2) is 22.5 Å². The Morgan fingerprint density at radius 2 is 2.00 bits per heavy atom. The minimum absolute atomic E-state index is 0.117. The Morgan fingerprint density at radius 3 is 2.53 bits per heavy atom. The van der Waals surface area contributed by atoms with Gasteiger partial charge in [-0.2, -0.15) is 0 Å². The highest BCUT2D eigenvalue weighted by Crippen LogP contribution is 2.20. The van der Waals surface area contributed by atoms with Gasteiger partial charge in [0.1, 0.15) is 11.3 Å². The van der Waals surface area contributed by atoms with Crippen LogP contribution in [0.3, 0.4) is 0 Å². The topological polar surface area (TPSA) is 92.4 Å². The van der Waals surface area contributed by atoms with Crippen molar-refractivity contribution in [2.45, 2.75) is 19.4 Å². The zero-order valence-corrected chi connectivity index (χ0v) is 11.6. The molecule has 0 saturated carbocycles. The molecule has 1 aromatic carbocycles. The van der Waals surface area contributed by atoms with Crippen molar-refractivity contribution in [3.05, 3.63) is 27.3 Å². The summed E-state index contributed by atoms with van der Waals surface area (Å²) in [5.74, 6) is -1.32. The minimum Gasteiger partial charge on any atom is -0.507 e. The summed E-state index contributed by atoms with van der Waals surface area (Å²) in [6.07, 6.45) is 0. The number of hydrogen-bond donors (Lipinski definition) is 3. The van der Waals surface area contributed by atoms with Gasteiger partial charge in [0, 0.05) is 3.57 Å². The average molecular weight is 348 g/mol. The maximum absolute atomic E-state index is 11.9. The van der Waals surface area contributed by atoms with E-state index in [-0.39, 0.29) is 11.3 Å². The Hall–Kier alpha value is -1.31. The summed E-state index contributed by atoms with van der Waals surface area (Å²) >= 11 is 2.02. The maximum atomic E-state index is 11.9. The maximum Gasteiger partial charge on any atom is 0.255 e. The van der Waals surface area contributed by atoms with Crippen molar-refractivity contribution in [1.29, 1.82) is 0 Å². The van der Waals surface area contributed by atoms with Crippen LogP contribution in [0.4, 0.5) is 0 Å². The van der Waals surface area contributed by atoms with E-state index in [9.17, 15) is 14.7 Å². The number of halogens is 1. The number of nitrogens with one attached hydrogen (secondary N) is 1. The van der Waals surface area contributed by atoms with Crippen molar-refractivity contribution in [1.82, 2.24) is 5.32 Å². The lowest BCUT2D eigenvalue weighted by atomic mass is 10.0. The molecule has 17 heavy (non-hydrogen) atoms. The normalized spacial score (nSPS) is 11.0. The van der Waals surface area contributed by atoms with Crippen molar-refractivity contribution >= 4 is 34.4 Å². The summed E-state index contributed by atoms with van der Waals surface area (Å²) in [6, 6.07) is 4.63. The molecule has 4 N–H and O–H groups in total. The number of phenolic OH excluding ortho intramolecular Hbond substituents is 1. The first kappa shape index (κ1) is 13.8. The van der Waals surface area contributed by atoms with Crippen LogP contribution >= 0.6 is 22.6 Å². The summed E-state index contributed by atoms with van der Waals surface area (Å²) in [4.78, 5) is 22.9. The van der Waals surface area contributed by atoms with Gasteiger partial charge in [0.2, 0.25) is 5.91 Å². The fraction of sp³-hybridized carbons (Fsp3) is 0.273. The van der Waals surface area contributed by atoms with Crippen LogP contribution in [0, 0.1) is 3.57 Å². The Labute approximate surface area is 113 Å². The fourth-order valence-electron chi connectivity index (χ4n) is 1.10. The van der Waals surface area contributed by atoms with Crippen LogP contribution < -0.4 is 11.1 Å². The molecule has 0 heterocycles. The Kier molecular flexibility index (Phi) is 3.97. The van der Waals surface area contributed by atoms with Crippen LogP contribution in [0.1, 0.15) is 24.2 Å². The van der Waals surface area contributed by atoms with E-state index in [0.29, 0.717) is 0 Å². The standard InChI is InChI=1S/C11H13IN2O3/c1-11(2,10(13)17)14-9(16)7-5-6(12)3-4-8(7)15/h3-5,15H,1-2H3,(H2,13,17)(H,14,16). The first-order valence-electron chi connectivity index (χ1n) is 4.85. The Balaban J connectivity index is 2.98. The molecule has 0 aliphatic carbocycles. The highest BCUT2D eigenvalue weighted by molar-refractivity contribution is 14.1. The molecule has 0 atom stereocenters. The SMILES string of the molecule is CC(C)(NC(=O)c1cc(I)ccc1O)C(N)=O. The van der Waals surface area contributed by atoms with Crippen LogP contribution in [0.2, 0.25) is 0 Å². The molecule has 92 valence electrons. The number of phenols is 1. The van der Waals surface area contributed by atoms with Gasteiger partial charge in [-0.15, -0.1) is 0 Å². The van der Waals surface area contributed by atoms with E-state index >= 15 is 0 Å². The predicted octanol–water partition coefficient (Wildman–Crippen LogP) is 0.990. The van der Waals surface area contributed by atoms with Gasteiger partial charge < -0.3 is 16.2 Å². The molecule has 0 aliphatic rings. The van der Waals surface area contributed by atoms with Crippen LogP contribution in [0.5, 0.6) is 5.75 Å². The van der Waals surface area contributed by atoms with Gasteiger partial charge >= 0.3 is 0 Å². The third-order valence-corrected chi connectivity index (χ3v) is 2.92. The number of amides is 2. The van der Waals surface area contributed by atoms with Crippen molar-refractivity contribution in [2.24, 2.45) is 5.73 Å². The third-order valence-electron chi connectivity index (χ3n) is 2.25. The molecule has 6 heteroatoms. The average Bonchev–Trinajstić information content (AvgIpc) is 2.20. The van der Waals surface area contributed by atoms with Crippen molar-refractivity contribution in [3.63, 3.8) is 0 Å². The monoisotopic (exact) mass is 348 g/mol. The number of primary amides is 1. The second kappa shape index (κ2) is 4.91. The zero-order chi connectivity index (χ0) is 13.2. The quantitative estimate of drug-likeness (QED) is 0.712. The predicted molar refractivity (Wildman–Crippen MR) is 71.6 cm³/mol. The highest BCUT2D eigenvalue weighted by atomic mass is 127. The fourth-order valence-corrected chi connectivity index (χ4v) is 1.59. The van der Waals surface area contributed by atoms with E-state index in [1.807, 2.05) is 22.6 Å². The number of hydrogen-bond acceptors (Lipinski definition) is 3. The van der Waals surface area contributed by atoms with Gasteiger partial charge in [-0.3, -0.25) is 9.59 Å².